The average molecular weight is 494 g/mol. The molecule has 184 valence electrons. The minimum absolute atomic E-state index is 0.0537. The zero-order chi connectivity index (χ0) is 24.4. The number of nitrogens with zero attached hydrogens (tertiary/aromatic N) is 3. The van der Waals surface area contributed by atoms with Crippen LogP contribution in [0.4, 0.5) is 5.69 Å². The lowest BCUT2D eigenvalue weighted by molar-refractivity contribution is -0.131. The summed E-state index contributed by atoms with van der Waals surface area (Å²) in [6.07, 6.45) is 4.26. The molecular weight excluding hydrogens is 462 g/mol. The van der Waals surface area contributed by atoms with Crippen molar-refractivity contribution in [2.45, 2.75) is 18.9 Å². The summed E-state index contributed by atoms with van der Waals surface area (Å²) in [5.41, 5.74) is 2.49. The van der Waals surface area contributed by atoms with Crippen LogP contribution in [0.25, 0.3) is 10.9 Å². The number of fused-ring (bicyclic) bond motifs is 1. The molecule has 2 aromatic carbocycles. The molecule has 2 aliphatic rings. The zero-order valence-electron chi connectivity index (χ0n) is 20.1. The minimum atomic E-state index is -0.147. The Kier molecular flexibility index (Phi) is 7.09. The molecule has 0 radical (unpaired) electrons. The van der Waals surface area contributed by atoms with Crippen LogP contribution in [0.1, 0.15) is 28.8 Å². The molecule has 8 heteroatoms. The maximum Gasteiger partial charge on any atom is 0.241 e. The molecule has 0 atom stereocenters. The number of carbonyl (C=O) groups is 2. The van der Waals surface area contributed by atoms with Crippen molar-refractivity contribution < 1.29 is 9.59 Å². The van der Waals surface area contributed by atoms with Crippen molar-refractivity contribution >= 4 is 39.9 Å². The Hall–Kier alpha value is -2.87. The number of hydrogen-bond donors (Lipinski definition) is 2. The van der Waals surface area contributed by atoms with E-state index in [0.29, 0.717) is 27.9 Å². The molecule has 0 spiro atoms. The Morgan fingerprint density at radius 2 is 1.80 bits per heavy atom. The normalized spacial score (nSPS) is 18.2. The van der Waals surface area contributed by atoms with Crippen molar-refractivity contribution in [3.63, 3.8) is 0 Å². The van der Waals surface area contributed by atoms with Crippen LogP contribution in [-0.2, 0) is 4.79 Å². The van der Waals surface area contributed by atoms with Gasteiger partial charge in [-0.25, -0.2) is 0 Å². The second-order valence-corrected chi connectivity index (χ2v) is 9.96. The van der Waals surface area contributed by atoms with Gasteiger partial charge in [0.25, 0.3) is 0 Å². The van der Waals surface area contributed by atoms with Crippen LogP contribution in [0, 0.1) is 0 Å². The van der Waals surface area contributed by atoms with Gasteiger partial charge in [-0.2, -0.15) is 0 Å². The average Bonchev–Trinajstić information content (AvgIpc) is 3.36. The van der Waals surface area contributed by atoms with E-state index in [-0.39, 0.29) is 18.2 Å². The number of rotatable bonds is 6. The molecule has 1 amide bonds. The van der Waals surface area contributed by atoms with E-state index in [4.69, 9.17) is 11.6 Å². The summed E-state index contributed by atoms with van der Waals surface area (Å²) in [6, 6.07) is 13.5. The molecule has 35 heavy (non-hydrogen) atoms. The van der Waals surface area contributed by atoms with E-state index in [0.717, 1.165) is 50.2 Å². The molecule has 0 aliphatic carbocycles. The highest BCUT2D eigenvalue weighted by molar-refractivity contribution is 6.37. The molecule has 0 bridgehead atoms. The SMILES string of the molecule is CN1CCC(N2CCN(C(=O)CNc3cccc(C(=O)c4ccc5cc[nH]c5c4)c3Cl)CC2)CC1. The predicted octanol–water partition coefficient (Wildman–Crippen LogP) is 3.70. The summed E-state index contributed by atoms with van der Waals surface area (Å²) in [7, 11) is 2.18. The number of amides is 1. The Bertz CT molecular complexity index is 1210. The van der Waals surface area contributed by atoms with Crippen LogP contribution in [0.5, 0.6) is 0 Å². The number of hydrogen-bond acceptors (Lipinski definition) is 5. The van der Waals surface area contributed by atoms with Gasteiger partial charge in [0.15, 0.2) is 5.78 Å². The second-order valence-electron chi connectivity index (χ2n) is 9.58. The molecule has 3 aromatic rings. The smallest absolute Gasteiger partial charge is 0.241 e. The number of piperazine rings is 1. The molecular formula is C27H32ClN5O2. The lowest BCUT2D eigenvalue weighted by Crippen LogP contribution is -2.54. The number of aromatic amines is 1. The van der Waals surface area contributed by atoms with Crippen LogP contribution >= 0.6 is 11.6 Å². The summed E-state index contributed by atoms with van der Waals surface area (Å²) in [6.45, 7) is 5.81. The van der Waals surface area contributed by atoms with E-state index in [1.807, 2.05) is 35.4 Å². The largest absolute Gasteiger partial charge is 0.375 e. The second kappa shape index (κ2) is 10.4. The molecule has 2 aliphatic heterocycles. The number of anilines is 1. The van der Waals surface area contributed by atoms with Gasteiger partial charge in [0.2, 0.25) is 5.91 Å². The number of likely N-dealkylation sites (tertiary alicyclic amines) is 1. The topological polar surface area (TPSA) is 71.7 Å². The van der Waals surface area contributed by atoms with Gasteiger partial charge in [0, 0.05) is 55.1 Å². The number of carbonyl (C=O) groups excluding carboxylic acids is 2. The van der Waals surface area contributed by atoms with Crippen molar-refractivity contribution in [1.82, 2.24) is 19.7 Å². The summed E-state index contributed by atoms with van der Waals surface area (Å²) < 4.78 is 0. The fourth-order valence-electron chi connectivity index (χ4n) is 5.17. The van der Waals surface area contributed by atoms with Gasteiger partial charge in [0.1, 0.15) is 0 Å². The first-order chi connectivity index (χ1) is 17.0. The summed E-state index contributed by atoms with van der Waals surface area (Å²) in [5, 5.41) is 4.55. The molecule has 7 nitrogen and oxygen atoms in total. The monoisotopic (exact) mass is 493 g/mol. The van der Waals surface area contributed by atoms with Crippen molar-refractivity contribution in [2.75, 3.05) is 58.2 Å². The van der Waals surface area contributed by atoms with Crippen molar-refractivity contribution in [3.8, 4) is 0 Å². The molecule has 0 saturated carbocycles. The number of piperidine rings is 1. The molecule has 2 N–H and O–H groups in total. The van der Waals surface area contributed by atoms with E-state index in [2.05, 4.69) is 27.1 Å². The molecule has 0 unspecified atom stereocenters. The maximum absolute atomic E-state index is 13.1. The van der Waals surface area contributed by atoms with E-state index in [9.17, 15) is 9.59 Å². The lowest BCUT2D eigenvalue weighted by Gasteiger charge is -2.42. The Labute approximate surface area is 211 Å². The molecule has 5 rings (SSSR count). The van der Waals surface area contributed by atoms with E-state index in [1.54, 1.807) is 18.2 Å². The van der Waals surface area contributed by atoms with Crippen LogP contribution in [0.2, 0.25) is 5.02 Å². The van der Waals surface area contributed by atoms with Gasteiger partial charge in [-0.3, -0.25) is 14.5 Å². The zero-order valence-corrected chi connectivity index (χ0v) is 20.9. The Balaban J connectivity index is 1.18. The van der Waals surface area contributed by atoms with Crippen LogP contribution in [0.15, 0.2) is 48.7 Å². The Morgan fingerprint density at radius 3 is 2.57 bits per heavy atom. The van der Waals surface area contributed by atoms with Crippen LogP contribution in [-0.4, -0.2) is 90.3 Å². The molecule has 1 aromatic heterocycles. The first-order valence-corrected chi connectivity index (χ1v) is 12.7. The predicted molar refractivity (Wildman–Crippen MR) is 140 cm³/mol. The highest BCUT2D eigenvalue weighted by Crippen LogP contribution is 2.28. The van der Waals surface area contributed by atoms with Gasteiger partial charge >= 0.3 is 0 Å². The van der Waals surface area contributed by atoms with Crippen molar-refractivity contribution in [1.29, 1.82) is 0 Å². The number of aromatic nitrogens is 1. The third-order valence-electron chi connectivity index (χ3n) is 7.36. The lowest BCUT2D eigenvalue weighted by atomic mass is 10.0. The van der Waals surface area contributed by atoms with E-state index < -0.39 is 0 Å². The van der Waals surface area contributed by atoms with Gasteiger partial charge in [-0.15, -0.1) is 0 Å². The number of nitrogens with one attached hydrogen (secondary N) is 2. The summed E-state index contributed by atoms with van der Waals surface area (Å²) >= 11 is 6.61. The summed E-state index contributed by atoms with van der Waals surface area (Å²) in [4.78, 5) is 36.0. The summed E-state index contributed by atoms with van der Waals surface area (Å²) in [5.74, 6) is -0.0930. The third kappa shape index (κ3) is 5.22. The number of H-pyrrole nitrogens is 1. The minimum Gasteiger partial charge on any atom is -0.375 e. The number of benzene rings is 2. The van der Waals surface area contributed by atoms with Crippen molar-refractivity contribution in [2.24, 2.45) is 0 Å². The van der Waals surface area contributed by atoms with Gasteiger partial charge < -0.3 is 20.1 Å². The first kappa shape index (κ1) is 23.9. The molecule has 2 saturated heterocycles. The third-order valence-corrected chi connectivity index (χ3v) is 7.77. The first-order valence-electron chi connectivity index (χ1n) is 12.3. The van der Waals surface area contributed by atoms with E-state index >= 15 is 0 Å². The van der Waals surface area contributed by atoms with Crippen molar-refractivity contribution in [3.05, 3.63) is 64.8 Å². The quantitative estimate of drug-likeness (QED) is 0.512. The van der Waals surface area contributed by atoms with E-state index in [1.165, 1.54) is 12.8 Å². The van der Waals surface area contributed by atoms with Gasteiger partial charge in [-0.1, -0.05) is 29.8 Å². The van der Waals surface area contributed by atoms with Crippen LogP contribution < -0.4 is 5.32 Å². The van der Waals surface area contributed by atoms with Crippen LogP contribution in [0.3, 0.4) is 0 Å². The van der Waals surface area contributed by atoms with Gasteiger partial charge in [0.05, 0.1) is 17.3 Å². The fourth-order valence-corrected chi connectivity index (χ4v) is 5.45. The highest BCUT2D eigenvalue weighted by Gasteiger charge is 2.28. The highest BCUT2D eigenvalue weighted by atomic mass is 35.5. The maximum atomic E-state index is 13.1. The fraction of sp³-hybridized carbons (Fsp3) is 0.407. The molecule has 3 heterocycles. The Morgan fingerprint density at radius 1 is 1.03 bits per heavy atom. The molecule has 2 fully saturated rings. The van der Waals surface area contributed by atoms with Gasteiger partial charge in [-0.05, 0) is 62.6 Å². The number of ketones is 1. The standard InChI is InChI=1S/C27H32ClN5O2/c1-31-11-8-21(9-12-31)32-13-15-33(16-14-32)25(34)18-30-23-4-2-3-22(26(23)28)27(35)20-6-5-19-7-10-29-24(19)17-20/h2-7,10,17,21,29-30H,8-9,11-16,18H2,1H3. The number of halogens is 1.